The Kier molecular flexibility index (Phi) is 3.74. The van der Waals surface area contributed by atoms with Gasteiger partial charge in [-0.15, -0.1) is 0 Å². The van der Waals surface area contributed by atoms with E-state index in [4.69, 9.17) is 10.5 Å². The van der Waals surface area contributed by atoms with E-state index < -0.39 is 0 Å². The van der Waals surface area contributed by atoms with Crippen LogP contribution in [0.4, 0.5) is 5.82 Å². The fourth-order valence-electron chi connectivity index (χ4n) is 2.26. The first-order valence-corrected chi connectivity index (χ1v) is 6.64. The van der Waals surface area contributed by atoms with Crippen LogP contribution >= 0.6 is 0 Å². The van der Waals surface area contributed by atoms with Gasteiger partial charge in [0.15, 0.2) is 0 Å². The smallest absolute Gasteiger partial charge is 0.255 e. The van der Waals surface area contributed by atoms with Gasteiger partial charge in [0.2, 0.25) is 0 Å². The lowest BCUT2D eigenvalue weighted by molar-refractivity contribution is -0.0246. The summed E-state index contributed by atoms with van der Waals surface area (Å²) in [6.45, 7) is 1.45. The van der Waals surface area contributed by atoms with Crippen molar-refractivity contribution in [2.45, 2.75) is 6.10 Å². The fourth-order valence-corrected chi connectivity index (χ4v) is 2.26. The number of pyridine rings is 1. The number of carbonyl (C=O) groups is 1. The van der Waals surface area contributed by atoms with Crippen molar-refractivity contribution < 1.29 is 9.53 Å². The van der Waals surface area contributed by atoms with Crippen LogP contribution in [0.1, 0.15) is 22.2 Å². The van der Waals surface area contributed by atoms with Crippen LogP contribution in [-0.4, -0.2) is 45.7 Å². The second kappa shape index (κ2) is 5.84. The molecule has 1 amide bonds. The van der Waals surface area contributed by atoms with Crippen LogP contribution in [0.2, 0.25) is 0 Å². The van der Waals surface area contributed by atoms with Crippen LogP contribution in [0.15, 0.2) is 36.7 Å². The number of carbonyl (C=O) groups excluding carboxylic acids is 1. The number of nitrogen functional groups attached to an aromatic ring is 1. The molecule has 1 saturated heterocycles. The Balaban J connectivity index is 1.75. The zero-order valence-corrected chi connectivity index (χ0v) is 11.3. The Hall–Kier alpha value is -2.54. The van der Waals surface area contributed by atoms with Crippen molar-refractivity contribution in [1.82, 2.24) is 20.1 Å². The molecule has 1 aliphatic heterocycles. The van der Waals surface area contributed by atoms with E-state index in [1.165, 1.54) is 12.4 Å². The summed E-state index contributed by atoms with van der Waals surface area (Å²) in [6, 6.07) is 7.05. The number of morpholine rings is 1. The van der Waals surface area contributed by atoms with Crippen molar-refractivity contribution >= 4 is 11.7 Å². The molecule has 1 fully saturated rings. The SMILES string of the molecule is Nc1cccc(C2CN(C(=O)c3ccnnc3)CCO2)n1. The van der Waals surface area contributed by atoms with Crippen LogP contribution in [0.3, 0.4) is 0 Å². The van der Waals surface area contributed by atoms with E-state index in [0.717, 1.165) is 5.69 Å². The second-order valence-electron chi connectivity index (χ2n) is 4.73. The zero-order valence-electron chi connectivity index (χ0n) is 11.3. The van der Waals surface area contributed by atoms with Crippen molar-refractivity contribution in [2.75, 3.05) is 25.4 Å². The van der Waals surface area contributed by atoms with Gasteiger partial charge in [-0.3, -0.25) is 4.79 Å². The number of nitrogens with two attached hydrogens (primary N) is 1. The monoisotopic (exact) mass is 285 g/mol. The lowest BCUT2D eigenvalue weighted by Gasteiger charge is -2.32. The predicted octanol–water partition coefficient (Wildman–Crippen LogP) is 0.667. The van der Waals surface area contributed by atoms with Gasteiger partial charge in [0.1, 0.15) is 11.9 Å². The maximum atomic E-state index is 12.4. The van der Waals surface area contributed by atoms with Gasteiger partial charge in [0.05, 0.1) is 36.8 Å². The minimum absolute atomic E-state index is 0.0814. The maximum absolute atomic E-state index is 12.4. The summed E-state index contributed by atoms with van der Waals surface area (Å²) >= 11 is 0. The predicted molar refractivity (Wildman–Crippen MR) is 75.3 cm³/mol. The molecule has 7 nitrogen and oxygen atoms in total. The molecule has 2 aromatic rings. The van der Waals surface area contributed by atoms with Gasteiger partial charge in [-0.2, -0.15) is 10.2 Å². The van der Waals surface area contributed by atoms with Crippen molar-refractivity contribution in [2.24, 2.45) is 0 Å². The average Bonchev–Trinajstić information content (AvgIpc) is 2.55. The van der Waals surface area contributed by atoms with Crippen molar-refractivity contribution in [3.8, 4) is 0 Å². The van der Waals surface area contributed by atoms with E-state index in [2.05, 4.69) is 15.2 Å². The summed E-state index contributed by atoms with van der Waals surface area (Å²) in [5.74, 6) is 0.361. The van der Waals surface area contributed by atoms with E-state index in [9.17, 15) is 4.79 Å². The van der Waals surface area contributed by atoms with Gasteiger partial charge in [-0.1, -0.05) is 6.07 Å². The van der Waals surface area contributed by atoms with Crippen molar-refractivity contribution in [3.05, 3.63) is 47.9 Å². The highest BCUT2D eigenvalue weighted by molar-refractivity contribution is 5.93. The van der Waals surface area contributed by atoms with E-state index in [1.54, 1.807) is 17.0 Å². The molecule has 0 aromatic carbocycles. The third-order valence-corrected chi connectivity index (χ3v) is 3.31. The molecular formula is C14H15N5O2. The van der Waals surface area contributed by atoms with E-state index >= 15 is 0 Å². The normalized spacial score (nSPS) is 18.5. The maximum Gasteiger partial charge on any atom is 0.255 e. The number of aromatic nitrogens is 3. The van der Waals surface area contributed by atoms with Gasteiger partial charge in [0, 0.05) is 6.54 Å². The molecule has 7 heteroatoms. The Morgan fingerprint density at radius 1 is 1.33 bits per heavy atom. The summed E-state index contributed by atoms with van der Waals surface area (Å²) in [7, 11) is 0. The number of ether oxygens (including phenoxy) is 1. The standard InChI is InChI=1S/C14H15N5O2/c15-13-3-1-2-11(18-13)12-9-19(6-7-21-12)14(20)10-4-5-16-17-8-10/h1-5,8,12H,6-7,9H2,(H2,15,18). The highest BCUT2D eigenvalue weighted by Crippen LogP contribution is 2.22. The molecule has 3 heterocycles. The molecule has 21 heavy (non-hydrogen) atoms. The average molecular weight is 285 g/mol. The molecule has 0 radical (unpaired) electrons. The molecule has 1 aliphatic rings. The third-order valence-electron chi connectivity index (χ3n) is 3.31. The number of anilines is 1. The number of nitrogens with zero attached hydrogens (tertiary/aromatic N) is 4. The van der Waals surface area contributed by atoms with Crippen LogP contribution < -0.4 is 5.73 Å². The van der Waals surface area contributed by atoms with Gasteiger partial charge in [0.25, 0.3) is 5.91 Å². The summed E-state index contributed by atoms with van der Waals surface area (Å²) in [5, 5.41) is 7.41. The molecule has 0 saturated carbocycles. The number of hydrogen-bond donors (Lipinski definition) is 1. The largest absolute Gasteiger partial charge is 0.384 e. The van der Waals surface area contributed by atoms with Gasteiger partial charge < -0.3 is 15.4 Å². The lowest BCUT2D eigenvalue weighted by Crippen LogP contribution is -2.42. The first kappa shape index (κ1) is 13.4. The molecule has 108 valence electrons. The Labute approximate surface area is 121 Å². The molecule has 1 atom stereocenters. The highest BCUT2D eigenvalue weighted by Gasteiger charge is 2.27. The van der Waals surface area contributed by atoms with Crippen LogP contribution in [0, 0.1) is 0 Å². The minimum Gasteiger partial charge on any atom is -0.384 e. The topological polar surface area (TPSA) is 94.2 Å². The summed E-state index contributed by atoms with van der Waals surface area (Å²) in [4.78, 5) is 18.4. The fraction of sp³-hybridized carbons (Fsp3) is 0.286. The van der Waals surface area contributed by atoms with E-state index in [-0.39, 0.29) is 12.0 Å². The summed E-state index contributed by atoms with van der Waals surface area (Å²) < 4.78 is 5.70. The summed E-state index contributed by atoms with van der Waals surface area (Å²) in [5.41, 5.74) is 6.94. The van der Waals surface area contributed by atoms with Gasteiger partial charge >= 0.3 is 0 Å². The summed E-state index contributed by atoms with van der Waals surface area (Å²) in [6.07, 6.45) is 2.71. The van der Waals surface area contributed by atoms with E-state index in [1.807, 2.05) is 12.1 Å². The quantitative estimate of drug-likeness (QED) is 0.871. The molecule has 0 bridgehead atoms. The molecule has 1 unspecified atom stereocenters. The zero-order chi connectivity index (χ0) is 14.7. The van der Waals surface area contributed by atoms with Crippen LogP contribution in [-0.2, 0) is 4.74 Å². The Morgan fingerprint density at radius 2 is 2.24 bits per heavy atom. The lowest BCUT2D eigenvalue weighted by atomic mass is 10.1. The molecular weight excluding hydrogens is 270 g/mol. The number of rotatable bonds is 2. The van der Waals surface area contributed by atoms with Crippen LogP contribution in [0.25, 0.3) is 0 Å². The van der Waals surface area contributed by atoms with Crippen molar-refractivity contribution in [1.29, 1.82) is 0 Å². The first-order valence-electron chi connectivity index (χ1n) is 6.64. The minimum atomic E-state index is -0.263. The van der Waals surface area contributed by atoms with Crippen molar-refractivity contribution in [3.63, 3.8) is 0 Å². The molecule has 0 aliphatic carbocycles. The Morgan fingerprint density at radius 3 is 3.00 bits per heavy atom. The molecule has 2 aromatic heterocycles. The third kappa shape index (κ3) is 2.97. The molecule has 2 N–H and O–H groups in total. The highest BCUT2D eigenvalue weighted by atomic mass is 16.5. The number of hydrogen-bond acceptors (Lipinski definition) is 6. The number of amides is 1. The van der Waals surface area contributed by atoms with E-state index in [0.29, 0.717) is 31.1 Å². The Bertz CT molecular complexity index is 634. The molecule has 0 spiro atoms. The van der Waals surface area contributed by atoms with Gasteiger partial charge in [-0.25, -0.2) is 4.98 Å². The van der Waals surface area contributed by atoms with Gasteiger partial charge in [-0.05, 0) is 18.2 Å². The van der Waals surface area contributed by atoms with Crippen LogP contribution in [0.5, 0.6) is 0 Å². The molecule has 3 rings (SSSR count). The second-order valence-corrected chi connectivity index (χ2v) is 4.73. The first-order chi connectivity index (χ1) is 10.2.